The van der Waals surface area contributed by atoms with E-state index in [4.69, 9.17) is 16.7 Å². The van der Waals surface area contributed by atoms with E-state index >= 15 is 0 Å². The minimum absolute atomic E-state index is 0.0558. The summed E-state index contributed by atoms with van der Waals surface area (Å²) in [5.41, 5.74) is 3.07. The van der Waals surface area contributed by atoms with Crippen LogP contribution in [0.3, 0.4) is 0 Å². The maximum atomic E-state index is 12.4. The molecule has 2 atom stereocenters. The molecule has 31 heavy (non-hydrogen) atoms. The van der Waals surface area contributed by atoms with Crippen molar-refractivity contribution in [3.05, 3.63) is 83.4 Å². The van der Waals surface area contributed by atoms with E-state index in [0.717, 1.165) is 15.5 Å². The van der Waals surface area contributed by atoms with Crippen molar-refractivity contribution >= 4 is 53.8 Å². The molecule has 155 valence electrons. The zero-order valence-electron chi connectivity index (χ0n) is 16.3. The van der Waals surface area contributed by atoms with Gasteiger partial charge in [0.15, 0.2) is 0 Å². The molecule has 1 amide bonds. The number of nitrogens with one attached hydrogen (secondary N) is 1. The van der Waals surface area contributed by atoms with Gasteiger partial charge >= 0.3 is 182 Å². The second kappa shape index (κ2) is 9.09. The van der Waals surface area contributed by atoms with Crippen molar-refractivity contribution in [1.29, 1.82) is 0 Å². The van der Waals surface area contributed by atoms with Gasteiger partial charge in [-0.3, -0.25) is 4.79 Å². The number of aliphatic carboxylic acids is 1. The van der Waals surface area contributed by atoms with E-state index in [9.17, 15) is 14.4 Å². The molecule has 0 spiro atoms. The van der Waals surface area contributed by atoms with Gasteiger partial charge in [0.25, 0.3) is 0 Å². The molecule has 0 bridgehead atoms. The topological polar surface area (TPSA) is 83.5 Å². The Labute approximate surface area is 191 Å². The SMILES string of the molecule is O=C(Nc1ccccc1Cl)[As]c1ccc(-c2ccc(C(=O)[C@@H]3C[C@H]3C(=O)O)cc2)cc1. The van der Waals surface area contributed by atoms with E-state index in [-0.39, 0.29) is 10.5 Å². The van der Waals surface area contributed by atoms with Crippen LogP contribution in [0.2, 0.25) is 5.02 Å². The first-order chi connectivity index (χ1) is 14.9. The number of amides is 1. The van der Waals surface area contributed by atoms with Gasteiger partial charge in [0.05, 0.1) is 0 Å². The fourth-order valence-electron chi connectivity index (χ4n) is 3.35. The molecule has 3 aromatic carbocycles. The number of carboxylic acid groups (broad SMARTS) is 1. The molecule has 5 nitrogen and oxygen atoms in total. The van der Waals surface area contributed by atoms with Crippen LogP contribution in [0.15, 0.2) is 72.8 Å². The number of rotatable bonds is 7. The van der Waals surface area contributed by atoms with E-state index in [2.05, 4.69) is 5.32 Å². The number of ketones is 1. The summed E-state index contributed by atoms with van der Waals surface area (Å²) in [4.78, 5) is 35.6. The standard InChI is InChI=1S/C24H18AsClNO4/c26-20-3-1-2-4-21(20)27-24(31)25-17-11-9-15(10-12-17)14-5-7-16(8-6-14)22(28)18-13-19(18)23(29)30/h1-12,18-19H,13H2,(H,27,31)(H,29,30)/t18-,19-/m1/s1. The number of para-hydroxylation sites is 1. The van der Waals surface area contributed by atoms with E-state index in [1.807, 2.05) is 48.5 Å². The van der Waals surface area contributed by atoms with Gasteiger partial charge in [0.1, 0.15) is 0 Å². The average molecular weight is 495 g/mol. The maximum absolute atomic E-state index is 12.4. The summed E-state index contributed by atoms with van der Waals surface area (Å²) >= 11 is 5.36. The van der Waals surface area contributed by atoms with Crippen molar-refractivity contribution in [2.75, 3.05) is 5.32 Å². The Balaban J connectivity index is 1.38. The van der Waals surface area contributed by atoms with Crippen LogP contribution < -0.4 is 9.67 Å². The third-order valence-electron chi connectivity index (χ3n) is 5.16. The van der Waals surface area contributed by atoms with Crippen LogP contribution >= 0.6 is 11.6 Å². The summed E-state index contributed by atoms with van der Waals surface area (Å²) in [7, 11) is 0. The Bertz CT molecular complexity index is 1150. The molecule has 0 aromatic heterocycles. The molecule has 3 aromatic rings. The van der Waals surface area contributed by atoms with Gasteiger partial charge in [-0.15, -0.1) is 0 Å². The Hall–Kier alpha value is -2.88. The number of benzene rings is 3. The zero-order valence-corrected chi connectivity index (χ0v) is 18.9. The van der Waals surface area contributed by atoms with Gasteiger partial charge in [-0.25, -0.2) is 0 Å². The summed E-state index contributed by atoms with van der Waals surface area (Å²) in [5.74, 6) is -1.96. The summed E-state index contributed by atoms with van der Waals surface area (Å²) in [5, 5.41) is 12.4. The van der Waals surface area contributed by atoms with Crippen LogP contribution in [0.5, 0.6) is 0 Å². The van der Waals surface area contributed by atoms with E-state index < -0.39 is 33.6 Å². The number of carbonyl (C=O) groups excluding carboxylic acids is 2. The normalized spacial score (nSPS) is 17.5. The number of hydrogen-bond acceptors (Lipinski definition) is 3. The van der Waals surface area contributed by atoms with Gasteiger partial charge in [-0.1, -0.05) is 0 Å². The summed E-state index contributed by atoms with van der Waals surface area (Å²) < 4.78 is 0.907. The number of carbonyl (C=O) groups is 3. The van der Waals surface area contributed by atoms with Crippen LogP contribution in [0.4, 0.5) is 10.5 Å². The zero-order chi connectivity index (χ0) is 22.0. The Morgan fingerprint density at radius 1 is 0.871 bits per heavy atom. The van der Waals surface area contributed by atoms with Gasteiger partial charge < -0.3 is 5.11 Å². The van der Waals surface area contributed by atoms with Gasteiger partial charge in [-0.05, 0) is 0 Å². The molecule has 1 radical (unpaired) electrons. The predicted octanol–water partition coefficient (Wildman–Crippen LogP) is 4.47. The number of anilines is 1. The molecule has 0 heterocycles. The van der Waals surface area contributed by atoms with E-state index in [1.54, 1.807) is 24.3 Å². The van der Waals surface area contributed by atoms with Crippen LogP contribution in [-0.2, 0) is 4.79 Å². The molecule has 0 unspecified atom stereocenters. The summed E-state index contributed by atoms with van der Waals surface area (Å²) in [6, 6.07) is 22.1. The fraction of sp³-hybridized carbons (Fsp3) is 0.125. The third kappa shape index (κ3) is 5.07. The molecule has 1 aliphatic carbocycles. The van der Waals surface area contributed by atoms with Gasteiger partial charge in [0.2, 0.25) is 0 Å². The molecule has 0 aliphatic heterocycles. The van der Waals surface area contributed by atoms with Crippen molar-refractivity contribution in [3.8, 4) is 11.1 Å². The van der Waals surface area contributed by atoms with Crippen LogP contribution in [-0.4, -0.2) is 37.3 Å². The quantitative estimate of drug-likeness (QED) is 0.375. The molecule has 2 N–H and O–H groups in total. The van der Waals surface area contributed by atoms with Crippen LogP contribution in [0.1, 0.15) is 16.8 Å². The number of halogens is 1. The molecule has 1 fully saturated rings. The Morgan fingerprint density at radius 2 is 1.48 bits per heavy atom. The van der Waals surface area contributed by atoms with Crippen LogP contribution in [0.25, 0.3) is 11.1 Å². The van der Waals surface area contributed by atoms with Crippen molar-refractivity contribution in [2.24, 2.45) is 11.8 Å². The third-order valence-corrected chi connectivity index (χ3v) is 7.32. The second-order valence-electron chi connectivity index (χ2n) is 7.30. The van der Waals surface area contributed by atoms with Crippen molar-refractivity contribution in [3.63, 3.8) is 0 Å². The second-order valence-corrected chi connectivity index (χ2v) is 10.1. The van der Waals surface area contributed by atoms with Crippen molar-refractivity contribution in [2.45, 2.75) is 6.42 Å². The molecular weight excluding hydrogens is 477 g/mol. The molecular formula is C24H18AsClNO4. The Morgan fingerprint density at radius 3 is 2.06 bits per heavy atom. The minimum atomic E-state index is -0.905. The average Bonchev–Trinajstić information content (AvgIpc) is 3.57. The first-order valence-corrected chi connectivity index (χ1v) is 11.9. The molecule has 4 rings (SSSR count). The van der Waals surface area contributed by atoms with Crippen LogP contribution in [0, 0.1) is 11.8 Å². The number of Topliss-reactive ketones (excluding diaryl/α,β-unsaturated/α-hetero) is 1. The molecule has 7 heteroatoms. The fourth-order valence-corrected chi connectivity index (χ4v) is 5.02. The van der Waals surface area contributed by atoms with Crippen molar-refractivity contribution < 1.29 is 19.5 Å². The molecule has 0 saturated heterocycles. The van der Waals surface area contributed by atoms with Crippen molar-refractivity contribution in [1.82, 2.24) is 0 Å². The molecule has 1 aliphatic rings. The molecule has 1 saturated carbocycles. The monoisotopic (exact) mass is 494 g/mol. The number of hydrogen-bond donors (Lipinski definition) is 2. The van der Waals surface area contributed by atoms with E-state index in [0.29, 0.717) is 22.7 Å². The predicted molar refractivity (Wildman–Crippen MR) is 121 cm³/mol. The first-order valence-electron chi connectivity index (χ1n) is 9.67. The number of carboxylic acids is 1. The Kier molecular flexibility index (Phi) is 6.26. The van der Waals surface area contributed by atoms with E-state index in [1.165, 1.54) is 0 Å². The summed E-state index contributed by atoms with van der Waals surface area (Å²) in [6.45, 7) is 0. The summed E-state index contributed by atoms with van der Waals surface area (Å²) in [6.07, 6.45) is 0.421. The first kappa shape index (κ1) is 21.4. The van der Waals surface area contributed by atoms with Gasteiger partial charge in [-0.2, -0.15) is 0 Å². The van der Waals surface area contributed by atoms with Gasteiger partial charge in [0, 0.05) is 0 Å².